The van der Waals surface area contributed by atoms with Gasteiger partial charge in [-0.2, -0.15) is 5.10 Å². The molecule has 0 aliphatic rings. The number of rotatable bonds is 5. The van der Waals surface area contributed by atoms with E-state index in [1.165, 1.54) is 0 Å². The molecule has 3 aromatic rings. The van der Waals surface area contributed by atoms with Gasteiger partial charge in [-0.05, 0) is 40.5 Å². The summed E-state index contributed by atoms with van der Waals surface area (Å²) in [6.45, 7) is 1.89. The van der Waals surface area contributed by atoms with E-state index in [9.17, 15) is 9.59 Å². The lowest BCUT2D eigenvalue weighted by Crippen LogP contribution is -2.27. The van der Waals surface area contributed by atoms with Gasteiger partial charge in [0.1, 0.15) is 5.69 Å². The molecule has 0 saturated heterocycles. The van der Waals surface area contributed by atoms with E-state index in [-0.39, 0.29) is 23.5 Å². The van der Waals surface area contributed by atoms with Gasteiger partial charge in [-0.15, -0.1) is 0 Å². The Morgan fingerprint density at radius 3 is 2.44 bits per heavy atom. The smallest absolute Gasteiger partial charge is 0.271 e. The minimum Gasteiger partial charge on any atom is -0.344 e. The third-order valence-corrected chi connectivity index (χ3v) is 5.03. The van der Waals surface area contributed by atoms with Gasteiger partial charge in [-0.3, -0.25) is 14.7 Å². The summed E-state index contributed by atoms with van der Waals surface area (Å²) in [4.78, 5) is 24.9. The third-order valence-electron chi connectivity index (χ3n) is 3.93. The normalized spacial score (nSPS) is 11.7. The zero-order valence-electron chi connectivity index (χ0n) is 14.3. The van der Waals surface area contributed by atoms with Crippen molar-refractivity contribution in [3.8, 4) is 0 Å². The number of carbonyl (C=O) groups is 2. The van der Waals surface area contributed by atoms with Gasteiger partial charge >= 0.3 is 0 Å². The van der Waals surface area contributed by atoms with Crippen LogP contribution in [-0.4, -0.2) is 22.0 Å². The third kappa shape index (κ3) is 4.37. The monoisotopic (exact) mass is 446 g/mol. The van der Waals surface area contributed by atoms with Crippen LogP contribution in [0, 0.1) is 0 Å². The van der Waals surface area contributed by atoms with Crippen LogP contribution < -0.4 is 10.6 Å². The summed E-state index contributed by atoms with van der Waals surface area (Å²) >= 11 is 9.35. The largest absolute Gasteiger partial charge is 0.344 e. The van der Waals surface area contributed by atoms with E-state index in [4.69, 9.17) is 11.6 Å². The van der Waals surface area contributed by atoms with Gasteiger partial charge in [0, 0.05) is 0 Å². The first-order valence-electron chi connectivity index (χ1n) is 8.13. The summed E-state index contributed by atoms with van der Waals surface area (Å²) in [6.07, 6.45) is 0. The molecule has 27 heavy (non-hydrogen) atoms. The number of nitrogens with one attached hydrogen (secondary N) is 3. The van der Waals surface area contributed by atoms with Crippen molar-refractivity contribution >= 4 is 45.2 Å². The molecule has 138 valence electrons. The number of aromatic nitrogens is 2. The quantitative estimate of drug-likeness (QED) is 0.535. The van der Waals surface area contributed by atoms with Crippen molar-refractivity contribution in [2.45, 2.75) is 13.0 Å². The summed E-state index contributed by atoms with van der Waals surface area (Å²) in [5, 5.41) is 12.5. The maximum Gasteiger partial charge on any atom is 0.271 e. The Labute approximate surface area is 169 Å². The van der Waals surface area contributed by atoms with Gasteiger partial charge in [-0.25, -0.2) is 0 Å². The number of benzene rings is 2. The number of carbonyl (C=O) groups excluding carboxylic acids is 2. The summed E-state index contributed by atoms with van der Waals surface area (Å²) in [6, 6.07) is 16.1. The number of aromatic amines is 1. The molecule has 1 aromatic heterocycles. The number of amides is 2. The molecule has 8 heteroatoms. The zero-order chi connectivity index (χ0) is 19.4. The Morgan fingerprint density at radius 1 is 1.07 bits per heavy atom. The SMILES string of the molecule is C[C@@H](NC(=O)c1[nH]nc(NC(=O)c2ccccc2Cl)c1Br)c1ccccc1. The van der Waals surface area contributed by atoms with Gasteiger partial charge in [0.25, 0.3) is 11.8 Å². The summed E-state index contributed by atoms with van der Waals surface area (Å²) in [5.74, 6) is -0.557. The second-order valence-electron chi connectivity index (χ2n) is 5.80. The van der Waals surface area contributed by atoms with Crippen LogP contribution in [0.4, 0.5) is 5.82 Å². The highest BCUT2D eigenvalue weighted by Gasteiger charge is 2.21. The van der Waals surface area contributed by atoms with Crippen LogP contribution in [0.2, 0.25) is 5.02 Å². The molecule has 1 heterocycles. The predicted octanol–water partition coefficient (Wildman–Crippen LogP) is 4.57. The van der Waals surface area contributed by atoms with Crippen LogP contribution in [0.3, 0.4) is 0 Å². The number of halogens is 2. The fraction of sp³-hybridized carbons (Fsp3) is 0.105. The lowest BCUT2D eigenvalue weighted by molar-refractivity contribution is 0.0933. The summed E-state index contributed by atoms with van der Waals surface area (Å²) in [5.41, 5.74) is 1.51. The molecular formula is C19H16BrClN4O2. The maximum absolute atomic E-state index is 12.5. The molecule has 0 saturated carbocycles. The topological polar surface area (TPSA) is 86.9 Å². The highest BCUT2D eigenvalue weighted by atomic mass is 79.9. The first-order valence-corrected chi connectivity index (χ1v) is 9.30. The van der Waals surface area contributed by atoms with Crippen LogP contribution in [-0.2, 0) is 0 Å². The fourth-order valence-electron chi connectivity index (χ4n) is 2.48. The van der Waals surface area contributed by atoms with Gasteiger partial charge < -0.3 is 10.6 Å². The average molecular weight is 448 g/mol. The van der Waals surface area contributed by atoms with Crippen molar-refractivity contribution in [2.75, 3.05) is 5.32 Å². The highest BCUT2D eigenvalue weighted by molar-refractivity contribution is 9.10. The highest BCUT2D eigenvalue weighted by Crippen LogP contribution is 2.26. The van der Waals surface area contributed by atoms with Crippen molar-refractivity contribution in [1.82, 2.24) is 15.5 Å². The van der Waals surface area contributed by atoms with Gasteiger partial charge in [0.05, 0.1) is 21.1 Å². The predicted molar refractivity (Wildman–Crippen MR) is 108 cm³/mol. The molecule has 2 amide bonds. The standard InChI is InChI=1S/C19H16BrClN4O2/c1-11(12-7-3-2-4-8-12)22-19(27)16-15(20)17(25-24-16)23-18(26)13-9-5-6-10-14(13)21/h2-11H,1H3,(H,22,27)(H2,23,24,25,26)/t11-/m1/s1. The minimum absolute atomic E-state index is 0.185. The van der Waals surface area contributed by atoms with E-state index >= 15 is 0 Å². The van der Waals surface area contributed by atoms with Crippen LogP contribution in [0.1, 0.15) is 39.4 Å². The number of nitrogens with zero attached hydrogens (tertiary/aromatic N) is 1. The maximum atomic E-state index is 12.5. The van der Waals surface area contributed by atoms with Crippen molar-refractivity contribution in [3.63, 3.8) is 0 Å². The first kappa shape index (κ1) is 19.1. The van der Waals surface area contributed by atoms with E-state index in [1.54, 1.807) is 24.3 Å². The van der Waals surface area contributed by atoms with Crippen LogP contribution >= 0.6 is 27.5 Å². The van der Waals surface area contributed by atoms with Crippen LogP contribution in [0.25, 0.3) is 0 Å². The molecule has 3 rings (SSSR count). The lowest BCUT2D eigenvalue weighted by Gasteiger charge is -2.13. The Morgan fingerprint density at radius 2 is 1.74 bits per heavy atom. The van der Waals surface area contributed by atoms with E-state index in [0.29, 0.717) is 15.1 Å². The van der Waals surface area contributed by atoms with Crippen molar-refractivity contribution in [2.24, 2.45) is 0 Å². The van der Waals surface area contributed by atoms with Crippen LogP contribution in [0.15, 0.2) is 59.1 Å². The molecule has 0 spiro atoms. The van der Waals surface area contributed by atoms with E-state index < -0.39 is 5.91 Å². The van der Waals surface area contributed by atoms with E-state index in [0.717, 1.165) is 5.56 Å². The fourth-order valence-corrected chi connectivity index (χ4v) is 3.15. The Bertz CT molecular complexity index is 975. The first-order chi connectivity index (χ1) is 13.0. The average Bonchev–Trinajstić information content (AvgIpc) is 3.03. The van der Waals surface area contributed by atoms with Gasteiger partial charge in [-0.1, -0.05) is 54.1 Å². The molecule has 2 aromatic carbocycles. The number of H-pyrrole nitrogens is 1. The molecule has 0 aliphatic carbocycles. The van der Waals surface area contributed by atoms with Crippen molar-refractivity contribution < 1.29 is 9.59 Å². The molecule has 1 atom stereocenters. The number of hydrogen-bond donors (Lipinski definition) is 3. The Kier molecular flexibility index (Phi) is 5.93. The lowest BCUT2D eigenvalue weighted by atomic mass is 10.1. The van der Waals surface area contributed by atoms with Gasteiger partial charge in [0.2, 0.25) is 0 Å². The molecule has 3 N–H and O–H groups in total. The van der Waals surface area contributed by atoms with E-state index in [1.807, 2.05) is 37.3 Å². The molecule has 0 aliphatic heterocycles. The van der Waals surface area contributed by atoms with Crippen molar-refractivity contribution in [3.05, 3.63) is 80.9 Å². The molecule has 0 unspecified atom stereocenters. The van der Waals surface area contributed by atoms with Gasteiger partial charge in [0.15, 0.2) is 5.82 Å². The number of anilines is 1. The zero-order valence-corrected chi connectivity index (χ0v) is 16.6. The molecule has 0 radical (unpaired) electrons. The summed E-state index contributed by atoms with van der Waals surface area (Å²) < 4.78 is 0.362. The molecule has 6 nitrogen and oxygen atoms in total. The van der Waals surface area contributed by atoms with Crippen LogP contribution in [0.5, 0.6) is 0 Å². The summed E-state index contributed by atoms with van der Waals surface area (Å²) in [7, 11) is 0. The molecular weight excluding hydrogens is 432 g/mol. The van der Waals surface area contributed by atoms with Crippen molar-refractivity contribution in [1.29, 1.82) is 0 Å². The number of hydrogen-bond acceptors (Lipinski definition) is 3. The van der Waals surface area contributed by atoms with E-state index in [2.05, 4.69) is 36.8 Å². The Balaban J connectivity index is 1.72. The minimum atomic E-state index is -0.419. The second-order valence-corrected chi connectivity index (χ2v) is 7.00. The Hall–Kier alpha value is -2.64. The molecule has 0 bridgehead atoms. The molecule has 0 fully saturated rings. The second kappa shape index (κ2) is 8.37.